The number of rotatable bonds is 6. The van der Waals surface area contributed by atoms with Gasteiger partial charge in [0.05, 0.1) is 11.0 Å². The molecule has 2 amide bonds. The van der Waals surface area contributed by atoms with Crippen molar-refractivity contribution in [2.45, 2.75) is 20.8 Å². The van der Waals surface area contributed by atoms with E-state index >= 15 is 0 Å². The van der Waals surface area contributed by atoms with Crippen LogP contribution >= 0.6 is 0 Å². The van der Waals surface area contributed by atoms with Gasteiger partial charge in [0.15, 0.2) is 0 Å². The molecule has 0 saturated carbocycles. The van der Waals surface area contributed by atoms with E-state index in [1.807, 2.05) is 0 Å². The number of halogens is 1. The van der Waals surface area contributed by atoms with Gasteiger partial charge in [-0.3, -0.25) is 14.4 Å². The quantitative estimate of drug-likeness (QED) is 0.725. The number of benzene rings is 2. The molecule has 142 valence electrons. The Labute approximate surface area is 156 Å². The zero-order valence-electron chi connectivity index (χ0n) is 15.3. The van der Waals surface area contributed by atoms with Gasteiger partial charge in [0, 0.05) is 17.8 Å². The third-order valence-electron chi connectivity index (χ3n) is 4.14. The van der Waals surface area contributed by atoms with Crippen LogP contribution in [0.5, 0.6) is 0 Å². The molecule has 0 unspecified atom stereocenters. The maximum atomic E-state index is 13.8. The number of hydrogen-bond acceptors (Lipinski definition) is 3. The number of carboxylic acid groups (broad SMARTS) is 1. The van der Waals surface area contributed by atoms with E-state index in [1.54, 1.807) is 25.1 Å². The molecule has 0 aliphatic heterocycles. The largest absolute Gasteiger partial charge is 0.481 e. The molecule has 2 aromatic rings. The van der Waals surface area contributed by atoms with Crippen LogP contribution in [0.1, 0.15) is 40.1 Å². The van der Waals surface area contributed by atoms with Crippen molar-refractivity contribution in [2.75, 3.05) is 11.9 Å². The number of carboxylic acids is 1. The second-order valence-corrected chi connectivity index (χ2v) is 6.84. The van der Waals surface area contributed by atoms with Gasteiger partial charge in [-0.1, -0.05) is 18.2 Å². The van der Waals surface area contributed by atoms with Crippen LogP contribution in [0.2, 0.25) is 0 Å². The number of anilines is 1. The van der Waals surface area contributed by atoms with Crippen molar-refractivity contribution in [1.29, 1.82) is 0 Å². The fourth-order valence-electron chi connectivity index (χ4n) is 2.21. The molecule has 0 aromatic heterocycles. The number of hydrogen-bond donors (Lipinski definition) is 3. The Morgan fingerprint density at radius 2 is 1.74 bits per heavy atom. The predicted octanol–water partition coefficient (Wildman–Crippen LogP) is 3.23. The van der Waals surface area contributed by atoms with Crippen LogP contribution in [0.15, 0.2) is 42.5 Å². The van der Waals surface area contributed by atoms with Crippen molar-refractivity contribution in [3.8, 4) is 0 Å². The number of carbonyl (C=O) groups excluding carboxylic acids is 2. The minimum atomic E-state index is -1.11. The van der Waals surface area contributed by atoms with Crippen molar-refractivity contribution in [3.05, 3.63) is 65.0 Å². The van der Waals surface area contributed by atoms with Crippen LogP contribution in [-0.4, -0.2) is 29.4 Å². The minimum Gasteiger partial charge on any atom is -0.481 e. The fourth-order valence-corrected chi connectivity index (χ4v) is 2.21. The first-order valence-electron chi connectivity index (χ1n) is 8.30. The van der Waals surface area contributed by atoms with Crippen LogP contribution < -0.4 is 10.6 Å². The maximum absolute atomic E-state index is 13.8. The first-order chi connectivity index (χ1) is 12.6. The van der Waals surface area contributed by atoms with Crippen molar-refractivity contribution < 1.29 is 23.9 Å². The summed E-state index contributed by atoms with van der Waals surface area (Å²) in [5, 5.41) is 14.3. The van der Waals surface area contributed by atoms with Gasteiger partial charge in [0.25, 0.3) is 11.8 Å². The molecule has 0 aliphatic carbocycles. The molecule has 0 heterocycles. The highest BCUT2D eigenvalue weighted by Crippen LogP contribution is 2.19. The third-order valence-corrected chi connectivity index (χ3v) is 4.14. The molecule has 3 N–H and O–H groups in total. The van der Waals surface area contributed by atoms with Gasteiger partial charge in [0.2, 0.25) is 0 Å². The van der Waals surface area contributed by atoms with E-state index in [4.69, 9.17) is 5.11 Å². The maximum Gasteiger partial charge on any atom is 0.310 e. The summed E-state index contributed by atoms with van der Waals surface area (Å²) < 4.78 is 13.8. The molecule has 0 spiro atoms. The summed E-state index contributed by atoms with van der Waals surface area (Å²) in [6, 6.07) is 10.3. The van der Waals surface area contributed by atoms with Crippen LogP contribution in [-0.2, 0) is 4.79 Å². The molecule has 2 aromatic carbocycles. The summed E-state index contributed by atoms with van der Waals surface area (Å²) in [7, 11) is 0. The molecule has 0 atom stereocenters. The number of aryl methyl sites for hydroxylation is 1. The van der Waals surface area contributed by atoms with Crippen molar-refractivity contribution in [1.82, 2.24) is 5.32 Å². The monoisotopic (exact) mass is 372 g/mol. The zero-order chi connectivity index (χ0) is 20.2. The second kappa shape index (κ2) is 7.99. The smallest absolute Gasteiger partial charge is 0.310 e. The molecule has 0 saturated heterocycles. The van der Waals surface area contributed by atoms with Crippen LogP contribution in [0.25, 0.3) is 0 Å². The number of carbonyl (C=O) groups is 3. The zero-order valence-corrected chi connectivity index (χ0v) is 15.3. The fraction of sp³-hybridized carbons (Fsp3) is 0.250. The van der Waals surface area contributed by atoms with Crippen molar-refractivity contribution in [2.24, 2.45) is 5.41 Å². The normalized spacial score (nSPS) is 11.0. The van der Waals surface area contributed by atoms with Crippen LogP contribution in [0.3, 0.4) is 0 Å². The first-order valence-corrected chi connectivity index (χ1v) is 8.30. The van der Waals surface area contributed by atoms with Crippen molar-refractivity contribution in [3.63, 3.8) is 0 Å². The SMILES string of the molecule is Cc1ccc(C(=O)NCC(C)(C)C(=O)O)cc1NC(=O)c1ccccc1F. The average Bonchev–Trinajstić information content (AvgIpc) is 2.61. The lowest BCUT2D eigenvalue weighted by molar-refractivity contribution is -0.146. The molecule has 0 fully saturated rings. The molecule has 6 nitrogen and oxygen atoms in total. The van der Waals surface area contributed by atoms with E-state index in [0.717, 1.165) is 0 Å². The number of amides is 2. The number of nitrogens with one attached hydrogen (secondary N) is 2. The number of aliphatic carboxylic acids is 1. The summed E-state index contributed by atoms with van der Waals surface area (Å²) in [5.41, 5.74) is 0.110. The Hall–Kier alpha value is -3.22. The van der Waals surface area contributed by atoms with Gasteiger partial charge < -0.3 is 15.7 Å². The van der Waals surface area contributed by atoms with Crippen LogP contribution in [0.4, 0.5) is 10.1 Å². The summed E-state index contributed by atoms with van der Waals surface area (Å²) in [4.78, 5) is 35.7. The summed E-state index contributed by atoms with van der Waals surface area (Å²) in [6.07, 6.45) is 0. The highest BCUT2D eigenvalue weighted by atomic mass is 19.1. The van der Waals surface area contributed by atoms with Gasteiger partial charge in [-0.05, 0) is 50.6 Å². The van der Waals surface area contributed by atoms with E-state index < -0.39 is 29.0 Å². The topological polar surface area (TPSA) is 95.5 Å². The van der Waals surface area contributed by atoms with Gasteiger partial charge in [-0.15, -0.1) is 0 Å². The lowest BCUT2D eigenvalue weighted by atomic mass is 9.94. The minimum absolute atomic E-state index is 0.0496. The second-order valence-electron chi connectivity index (χ2n) is 6.84. The molecule has 2 rings (SSSR count). The first kappa shape index (κ1) is 20.1. The van der Waals surface area contributed by atoms with E-state index in [2.05, 4.69) is 10.6 Å². The summed E-state index contributed by atoms with van der Waals surface area (Å²) in [6.45, 7) is 4.70. The standard InChI is InChI=1S/C20H21FN2O4/c1-12-8-9-13(17(24)22-11-20(2,3)19(26)27)10-16(12)23-18(25)14-6-4-5-7-15(14)21/h4-10H,11H2,1-3H3,(H,22,24)(H,23,25)(H,26,27). The van der Waals surface area contributed by atoms with E-state index in [9.17, 15) is 18.8 Å². The Bertz CT molecular complexity index is 893. The Morgan fingerprint density at radius 1 is 1.07 bits per heavy atom. The molecular formula is C20H21FN2O4. The van der Waals surface area contributed by atoms with E-state index in [0.29, 0.717) is 11.3 Å². The average molecular weight is 372 g/mol. The van der Waals surface area contributed by atoms with Gasteiger partial charge in [0.1, 0.15) is 5.82 Å². The lowest BCUT2D eigenvalue weighted by Crippen LogP contribution is -2.38. The third kappa shape index (κ3) is 4.91. The van der Waals surface area contributed by atoms with E-state index in [1.165, 1.54) is 38.1 Å². The lowest BCUT2D eigenvalue weighted by Gasteiger charge is -2.19. The highest BCUT2D eigenvalue weighted by Gasteiger charge is 2.27. The summed E-state index contributed by atoms with van der Waals surface area (Å²) in [5.74, 6) is -2.76. The highest BCUT2D eigenvalue weighted by molar-refractivity contribution is 6.05. The predicted molar refractivity (Wildman–Crippen MR) is 99.3 cm³/mol. The molecule has 7 heteroatoms. The Balaban J connectivity index is 2.16. The van der Waals surface area contributed by atoms with Gasteiger partial charge in [-0.25, -0.2) is 4.39 Å². The molecule has 0 aliphatic rings. The van der Waals surface area contributed by atoms with Gasteiger partial charge in [-0.2, -0.15) is 0 Å². The summed E-state index contributed by atoms with van der Waals surface area (Å²) >= 11 is 0. The van der Waals surface area contributed by atoms with E-state index in [-0.39, 0.29) is 17.7 Å². The Morgan fingerprint density at radius 3 is 2.37 bits per heavy atom. The molecular weight excluding hydrogens is 351 g/mol. The molecule has 0 bridgehead atoms. The Kier molecular flexibility index (Phi) is 5.95. The van der Waals surface area contributed by atoms with Crippen LogP contribution in [0, 0.1) is 18.2 Å². The molecule has 0 radical (unpaired) electrons. The van der Waals surface area contributed by atoms with Gasteiger partial charge >= 0.3 is 5.97 Å². The molecule has 27 heavy (non-hydrogen) atoms. The van der Waals surface area contributed by atoms with Crippen molar-refractivity contribution >= 4 is 23.5 Å².